The Bertz CT molecular complexity index is 721. The molecule has 0 fully saturated rings. The number of hydrogen-bond acceptors (Lipinski definition) is 3. The van der Waals surface area contributed by atoms with Crippen molar-refractivity contribution in [3.05, 3.63) is 58.5 Å². The molecule has 108 valence electrons. The van der Waals surface area contributed by atoms with E-state index in [2.05, 4.69) is 5.10 Å². The van der Waals surface area contributed by atoms with Gasteiger partial charge in [0.15, 0.2) is 0 Å². The molecule has 1 amide bonds. The predicted molar refractivity (Wildman–Crippen MR) is 81.3 cm³/mol. The van der Waals surface area contributed by atoms with Crippen molar-refractivity contribution in [2.75, 3.05) is 0 Å². The van der Waals surface area contributed by atoms with Crippen molar-refractivity contribution in [3.8, 4) is 0 Å². The molecule has 0 saturated heterocycles. The molecule has 0 bridgehead atoms. The third kappa shape index (κ3) is 2.59. The molecule has 1 aliphatic rings. The first-order valence-electron chi connectivity index (χ1n) is 6.75. The Morgan fingerprint density at radius 2 is 2.10 bits per heavy atom. The van der Waals surface area contributed by atoms with Crippen LogP contribution in [0.4, 0.5) is 0 Å². The molecular weight excluding hydrogens is 288 g/mol. The summed E-state index contributed by atoms with van der Waals surface area (Å²) < 4.78 is 5.61. The fourth-order valence-corrected chi connectivity index (χ4v) is 2.79. The molecule has 3 rings (SSSR count). The Balaban J connectivity index is 1.97. The highest BCUT2D eigenvalue weighted by Gasteiger charge is 2.33. The molecular formula is C16H15ClN2O2. The lowest BCUT2D eigenvalue weighted by molar-refractivity contribution is -0.130. The van der Waals surface area contributed by atoms with Crippen molar-refractivity contribution in [2.45, 2.75) is 26.3 Å². The molecule has 0 N–H and O–H groups in total. The van der Waals surface area contributed by atoms with E-state index in [1.807, 2.05) is 43.3 Å². The monoisotopic (exact) mass is 302 g/mol. The lowest BCUT2D eigenvalue weighted by Gasteiger charge is -2.21. The van der Waals surface area contributed by atoms with Crippen molar-refractivity contribution >= 4 is 23.2 Å². The van der Waals surface area contributed by atoms with Gasteiger partial charge >= 0.3 is 0 Å². The summed E-state index contributed by atoms with van der Waals surface area (Å²) in [6, 6.07) is 11.1. The zero-order chi connectivity index (χ0) is 15.0. The van der Waals surface area contributed by atoms with E-state index in [-0.39, 0.29) is 11.9 Å². The van der Waals surface area contributed by atoms with Gasteiger partial charge in [-0.15, -0.1) is 0 Å². The minimum atomic E-state index is -0.184. The minimum absolute atomic E-state index is 0.113. The van der Waals surface area contributed by atoms with E-state index in [0.717, 1.165) is 17.0 Å². The van der Waals surface area contributed by atoms with Gasteiger partial charge in [0.1, 0.15) is 17.2 Å². The van der Waals surface area contributed by atoms with Crippen LogP contribution in [0.5, 0.6) is 0 Å². The van der Waals surface area contributed by atoms with Gasteiger partial charge in [0, 0.05) is 18.4 Å². The highest BCUT2D eigenvalue weighted by Crippen LogP contribution is 2.36. The largest absolute Gasteiger partial charge is 0.460 e. The second-order valence-corrected chi connectivity index (χ2v) is 5.47. The molecule has 1 atom stereocenters. The van der Waals surface area contributed by atoms with Crippen LogP contribution >= 0.6 is 11.6 Å². The molecule has 21 heavy (non-hydrogen) atoms. The Morgan fingerprint density at radius 3 is 2.71 bits per heavy atom. The normalized spacial score (nSPS) is 18.0. The molecule has 2 heterocycles. The van der Waals surface area contributed by atoms with Crippen molar-refractivity contribution in [2.24, 2.45) is 5.10 Å². The van der Waals surface area contributed by atoms with Gasteiger partial charge in [-0.3, -0.25) is 4.79 Å². The zero-order valence-corrected chi connectivity index (χ0v) is 12.6. The number of furan rings is 1. The molecule has 0 saturated carbocycles. The number of aryl methyl sites for hydroxylation is 1. The molecule has 1 unspecified atom stereocenters. The summed E-state index contributed by atoms with van der Waals surface area (Å²) in [5.74, 6) is 1.41. The van der Waals surface area contributed by atoms with Gasteiger partial charge in [0.05, 0.1) is 6.04 Å². The third-order valence-corrected chi connectivity index (χ3v) is 3.87. The van der Waals surface area contributed by atoms with Crippen molar-refractivity contribution in [1.29, 1.82) is 0 Å². The van der Waals surface area contributed by atoms with Gasteiger partial charge < -0.3 is 4.42 Å². The third-order valence-electron chi connectivity index (χ3n) is 3.52. The average molecular weight is 303 g/mol. The van der Waals surface area contributed by atoms with Crippen molar-refractivity contribution in [3.63, 3.8) is 0 Å². The number of amides is 1. The van der Waals surface area contributed by atoms with E-state index >= 15 is 0 Å². The Kier molecular flexibility index (Phi) is 3.55. The van der Waals surface area contributed by atoms with Crippen LogP contribution in [0.2, 0.25) is 5.02 Å². The van der Waals surface area contributed by atoms with Gasteiger partial charge in [-0.25, -0.2) is 5.01 Å². The molecule has 2 aromatic rings. The van der Waals surface area contributed by atoms with Crippen LogP contribution < -0.4 is 0 Å². The highest BCUT2D eigenvalue weighted by molar-refractivity contribution is 6.31. The van der Waals surface area contributed by atoms with Crippen LogP contribution in [0, 0.1) is 6.92 Å². The number of hydrogen-bond donors (Lipinski definition) is 0. The van der Waals surface area contributed by atoms with Gasteiger partial charge in [-0.1, -0.05) is 29.8 Å². The first-order valence-corrected chi connectivity index (χ1v) is 7.12. The topological polar surface area (TPSA) is 45.8 Å². The van der Waals surface area contributed by atoms with Crippen molar-refractivity contribution < 1.29 is 9.21 Å². The smallest absolute Gasteiger partial charge is 0.240 e. The summed E-state index contributed by atoms with van der Waals surface area (Å²) in [4.78, 5) is 11.9. The fraction of sp³-hybridized carbons (Fsp3) is 0.250. The molecule has 1 aliphatic heterocycles. The van der Waals surface area contributed by atoms with Gasteiger partial charge in [-0.2, -0.15) is 5.10 Å². The summed E-state index contributed by atoms with van der Waals surface area (Å²) in [5, 5.41) is 6.54. The first kappa shape index (κ1) is 13.9. The van der Waals surface area contributed by atoms with Crippen LogP contribution in [-0.4, -0.2) is 16.6 Å². The van der Waals surface area contributed by atoms with E-state index in [4.69, 9.17) is 16.0 Å². The Hall–Kier alpha value is -2.07. The maximum Gasteiger partial charge on any atom is 0.240 e. The molecule has 5 heteroatoms. The number of halogens is 1. The number of nitrogens with zero attached hydrogens (tertiary/aromatic N) is 2. The summed E-state index contributed by atoms with van der Waals surface area (Å²) in [5.41, 5.74) is 1.67. The Labute approximate surface area is 128 Å². The Morgan fingerprint density at radius 1 is 1.33 bits per heavy atom. The first-order chi connectivity index (χ1) is 10.1. The second-order valence-electron chi connectivity index (χ2n) is 5.06. The highest BCUT2D eigenvalue weighted by atomic mass is 35.5. The SMILES string of the molecule is CC(=O)N1N=C(c2ccc(C)o2)CC1c1ccccc1Cl. The summed E-state index contributed by atoms with van der Waals surface area (Å²) in [6.07, 6.45) is 0.594. The van der Waals surface area contributed by atoms with E-state index in [9.17, 15) is 4.79 Å². The van der Waals surface area contributed by atoms with Crippen molar-refractivity contribution in [1.82, 2.24) is 5.01 Å². The number of rotatable bonds is 2. The number of hydrazone groups is 1. The van der Waals surface area contributed by atoms with Gasteiger partial charge in [0.2, 0.25) is 5.91 Å². The van der Waals surface area contributed by atoms with E-state index in [0.29, 0.717) is 17.2 Å². The molecule has 0 radical (unpaired) electrons. The van der Waals surface area contributed by atoms with Crippen LogP contribution in [-0.2, 0) is 4.79 Å². The van der Waals surface area contributed by atoms with Gasteiger partial charge in [0.25, 0.3) is 0 Å². The predicted octanol–water partition coefficient (Wildman–Crippen LogP) is 3.94. The number of carbonyl (C=O) groups excluding carboxylic acids is 1. The number of benzene rings is 1. The van der Waals surface area contributed by atoms with E-state index in [1.54, 1.807) is 0 Å². The minimum Gasteiger partial charge on any atom is -0.460 e. The lowest BCUT2D eigenvalue weighted by Crippen LogP contribution is -2.24. The maximum atomic E-state index is 11.9. The molecule has 1 aromatic carbocycles. The molecule has 4 nitrogen and oxygen atoms in total. The van der Waals surface area contributed by atoms with Crippen LogP contribution in [0.25, 0.3) is 0 Å². The summed E-state index contributed by atoms with van der Waals surface area (Å²) >= 11 is 6.26. The number of carbonyl (C=O) groups is 1. The lowest BCUT2D eigenvalue weighted by atomic mass is 10.0. The van der Waals surface area contributed by atoms with E-state index in [1.165, 1.54) is 11.9 Å². The quantitative estimate of drug-likeness (QED) is 0.843. The standard InChI is InChI=1S/C16H15ClN2O2/c1-10-7-8-16(21-10)14-9-15(19(18-14)11(2)20)12-5-3-4-6-13(12)17/h3-8,15H,9H2,1-2H3. The van der Waals surface area contributed by atoms with E-state index < -0.39 is 0 Å². The van der Waals surface area contributed by atoms with Crippen LogP contribution in [0.3, 0.4) is 0 Å². The zero-order valence-electron chi connectivity index (χ0n) is 11.8. The average Bonchev–Trinajstić information content (AvgIpc) is 3.05. The van der Waals surface area contributed by atoms with Crippen LogP contribution in [0.1, 0.15) is 36.5 Å². The maximum absolute atomic E-state index is 11.9. The molecule has 1 aromatic heterocycles. The van der Waals surface area contributed by atoms with Crippen LogP contribution in [0.15, 0.2) is 45.9 Å². The fourth-order valence-electron chi connectivity index (χ4n) is 2.53. The molecule has 0 aliphatic carbocycles. The second kappa shape index (κ2) is 5.37. The summed E-state index contributed by atoms with van der Waals surface area (Å²) in [6.45, 7) is 3.39. The summed E-state index contributed by atoms with van der Waals surface area (Å²) in [7, 11) is 0. The molecule has 0 spiro atoms. The van der Waals surface area contributed by atoms with Gasteiger partial charge in [-0.05, 0) is 30.7 Å².